The summed E-state index contributed by atoms with van der Waals surface area (Å²) >= 11 is 6.29. The molecule has 0 aliphatic carbocycles. The summed E-state index contributed by atoms with van der Waals surface area (Å²) < 4.78 is 0. The molecule has 0 spiro atoms. The van der Waals surface area contributed by atoms with Crippen molar-refractivity contribution in [2.75, 3.05) is 0 Å². The smallest absolute Gasteiger partial charge is 0.0641 e. The lowest BCUT2D eigenvalue weighted by atomic mass is 9.95. The molecular weight excluding hydrogens is 196 g/mol. The third-order valence-corrected chi connectivity index (χ3v) is 2.58. The molecule has 0 nitrogen and oxygen atoms in total. The van der Waals surface area contributed by atoms with Gasteiger partial charge >= 0.3 is 0 Å². The molecule has 1 rings (SSSR count). The van der Waals surface area contributed by atoms with Gasteiger partial charge in [-0.15, -0.1) is 11.6 Å². The highest BCUT2D eigenvalue weighted by Crippen LogP contribution is 2.32. The fourth-order valence-corrected chi connectivity index (χ4v) is 1.84. The van der Waals surface area contributed by atoms with Gasteiger partial charge in [-0.1, -0.05) is 31.2 Å². The summed E-state index contributed by atoms with van der Waals surface area (Å²) in [5.74, 6) is 0. The van der Waals surface area contributed by atoms with Crippen molar-refractivity contribution in [3.63, 3.8) is 0 Å². The van der Waals surface area contributed by atoms with E-state index in [0.29, 0.717) is 5.54 Å². The molecule has 13 heavy (non-hydrogen) atoms. The van der Waals surface area contributed by atoms with Crippen LogP contribution in [0.1, 0.15) is 37.4 Å². The molecule has 0 bridgehead atoms. The SMILES string of the molecule is CC([Si])c1ccccc1C(C)(C)Cl. The number of rotatable bonds is 2. The van der Waals surface area contributed by atoms with E-state index in [9.17, 15) is 0 Å². The van der Waals surface area contributed by atoms with Crippen LogP contribution >= 0.6 is 11.6 Å². The lowest BCUT2D eigenvalue weighted by Crippen LogP contribution is -2.12. The van der Waals surface area contributed by atoms with Gasteiger partial charge in [0.1, 0.15) is 0 Å². The van der Waals surface area contributed by atoms with E-state index in [1.165, 1.54) is 11.1 Å². The molecule has 69 valence electrons. The standard InChI is InChI=1S/C11H14ClSi/c1-8(13)9-6-4-5-7-10(9)11(2,3)12/h4-8H,1-3H3. The number of hydrogen-bond donors (Lipinski definition) is 0. The first kappa shape index (κ1) is 10.8. The van der Waals surface area contributed by atoms with Crippen molar-refractivity contribution in [1.29, 1.82) is 0 Å². The molecule has 1 aromatic carbocycles. The van der Waals surface area contributed by atoms with Crippen LogP contribution in [-0.4, -0.2) is 10.2 Å². The van der Waals surface area contributed by atoms with Crippen molar-refractivity contribution in [3.05, 3.63) is 35.4 Å². The highest BCUT2D eigenvalue weighted by Gasteiger charge is 2.20. The fraction of sp³-hybridized carbons (Fsp3) is 0.455. The van der Waals surface area contributed by atoms with Crippen LogP contribution in [0.15, 0.2) is 24.3 Å². The Kier molecular flexibility index (Phi) is 3.20. The predicted molar refractivity (Wildman–Crippen MR) is 59.5 cm³/mol. The predicted octanol–water partition coefficient (Wildman–Crippen LogP) is 3.39. The third-order valence-electron chi connectivity index (χ3n) is 2.07. The van der Waals surface area contributed by atoms with Gasteiger partial charge in [-0.3, -0.25) is 0 Å². The van der Waals surface area contributed by atoms with Crippen LogP contribution in [0.3, 0.4) is 0 Å². The maximum absolute atomic E-state index is 6.29. The van der Waals surface area contributed by atoms with Crippen LogP contribution in [0.25, 0.3) is 0 Å². The normalized spacial score (nSPS) is 14.2. The Bertz CT molecular complexity index is 286. The Balaban J connectivity index is 3.20. The van der Waals surface area contributed by atoms with Crippen molar-refractivity contribution >= 4 is 21.8 Å². The van der Waals surface area contributed by atoms with E-state index in [1.807, 2.05) is 26.0 Å². The molecule has 0 heterocycles. The Morgan fingerprint density at radius 1 is 1.31 bits per heavy atom. The average molecular weight is 210 g/mol. The third kappa shape index (κ3) is 2.58. The van der Waals surface area contributed by atoms with Gasteiger partial charge in [0.15, 0.2) is 0 Å². The first-order chi connectivity index (χ1) is 5.93. The maximum atomic E-state index is 6.29. The topological polar surface area (TPSA) is 0 Å². The highest BCUT2D eigenvalue weighted by atomic mass is 35.5. The summed E-state index contributed by atoms with van der Waals surface area (Å²) in [5.41, 5.74) is 2.80. The van der Waals surface area contributed by atoms with Crippen LogP contribution in [0, 0.1) is 0 Å². The van der Waals surface area contributed by atoms with E-state index in [2.05, 4.69) is 29.3 Å². The van der Waals surface area contributed by atoms with Gasteiger partial charge < -0.3 is 0 Å². The van der Waals surface area contributed by atoms with E-state index in [-0.39, 0.29) is 4.87 Å². The second kappa shape index (κ2) is 3.85. The first-order valence-electron chi connectivity index (χ1n) is 4.42. The molecule has 1 atom stereocenters. The molecule has 0 aliphatic rings. The van der Waals surface area contributed by atoms with Crippen molar-refractivity contribution in [2.45, 2.75) is 31.2 Å². The minimum absolute atomic E-state index is 0.294. The summed E-state index contributed by atoms with van der Waals surface area (Å²) in [6, 6.07) is 8.26. The molecule has 0 saturated heterocycles. The Morgan fingerprint density at radius 2 is 1.85 bits per heavy atom. The van der Waals surface area contributed by atoms with Crippen molar-refractivity contribution in [3.8, 4) is 0 Å². The average Bonchev–Trinajstić information content (AvgIpc) is 2.03. The monoisotopic (exact) mass is 209 g/mol. The van der Waals surface area contributed by atoms with E-state index in [4.69, 9.17) is 11.6 Å². The lowest BCUT2D eigenvalue weighted by molar-refractivity contribution is 0.749. The fourth-order valence-electron chi connectivity index (χ4n) is 1.42. The Labute approximate surface area is 88.7 Å². The molecule has 0 saturated carbocycles. The molecule has 3 radical (unpaired) electrons. The zero-order valence-electron chi connectivity index (χ0n) is 8.26. The maximum Gasteiger partial charge on any atom is 0.0641 e. The molecule has 0 aliphatic heterocycles. The van der Waals surface area contributed by atoms with Gasteiger partial charge in [-0.25, -0.2) is 0 Å². The van der Waals surface area contributed by atoms with Crippen molar-refractivity contribution in [1.82, 2.24) is 0 Å². The summed E-state index contributed by atoms with van der Waals surface area (Å²) in [7, 11) is 3.62. The Morgan fingerprint density at radius 3 is 2.23 bits per heavy atom. The highest BCUT2D eigenvalue weighted by molar-refractivity contribution is 6.23. The van der Waals surface area contributed by atoms with Crippen LogP contribution in [0.4, 0.5) is 0 Å². The molecular formula is C11H14ClSi. The summed E-state index contributed by atoms with van der Waals surface area (Å²) in [6.07, 6.45) is 0. The molecule has 2 heteroatoms. The minimum atomic E-state index is -0.294. The first-order valence-corrected chi connectivity index (χ1v) is 5.38. The van der Waals surface area contributed by atoms with Gasteiger partial charge in [-0.05, 0) is 30.5 Å². The van der Waals surface area contributed by atoms with Gasteiger partial charge in [0.05, 0.1) is 4.87 Å². The van der Waals surface area contributed by atoms with Crippen LogP contribution in [-0.2, 0) is 4.87 Å². The zero-order valence-corrected chi connectivity index (χ0v) is 10.0. The molecule has 0 fully saturated rings. The van der Waals surface area contributed by atoms with Crippen molar-refractivity contribution in [2.24, 2.45) is 0 Å². The second-order valence-electron chi connectivity index (χ2n) is 3.78. The van der Waals surface area contributed by atoms with Crippen LogP contribution in [0.2, 0.25) is 0 Å². The van der Waals surface area contributed by atoms with Gasteiger partial charge in [0, 0.05) is 10.2 Å². The van der Waals surface area contributed by atoms with Gasteiger partial charge in [0.25, 0.3) is 0 Å². The molecule has 0 N–H and O–H groups in total. The van der Waals surface area contributed by atoms with E-state index in [1.54, 1.807) is 0 Å². The summed E-state index contributed by atoms with van der Waals surface area (Å²) in [5, 5.41) is 0. The van der Waals surface area contributed by atoms with E-state index in [0.717, 1.165) is 0 Å². The van der Waals surface area contributed by atoms with Gasteiger partial charge in [0.2, 0.25) is 0 Å². The van der Waals surface area contributed by atoms with Crippen LogP contribution < -0.4 is 0 Å². The number of benzene rings is 1. The van der Waals surface area contributed by atoms with Gasteiger partial charge in [-0.2, -0.15) is 0 Å². The van der Waals surface area contributed by atoms with E-state index >= 15 is 0 Å². The van der Waals surface area contributed by atoms with Crippen molar-refractivity contribution < 1.29 is 0 Å². The lowest BCUT2D eigenvalue weighted by Gasteiger charge is -2.22. The number of hydrogen-bond acceptors (Lipinski definition) is 0. The molecule has 1 aromatic rings. The molecule has 1 unspecified atom stereocenters. The Hall–Kier alpha value is -0.273. The second-order valence-corrected chi connectivity index (χ2v) is 5.59. The summed E-state index contributed by atoms with van der Waals surface area (Å²) in [6.45, 7) is 6.14. The largest absolute Gasteiger partial charge is 0.115 e. The molecule has 0 amide bonds. The minimum Gasteiger partial charge on any atom is -0.115 e. The number of halogens is 1. The number of alkyl halides is 1. The summed E-state index contributed by atoms with van der Waals surface area (Å²) in [4.78, 5) is -0.294. The zero-order chi connectivity index (χ0) is 10.1. The quantitative estimate of drug-likeness (QED) is 0.518. The molecule has 0 aromatic heterocycles. The van der Waals surface area contributed by atoms with E-state index < -0.39 is 0 Å². The van der Waals surface area contributed by atoms with Crippen LogP contribution in [0.5, 0.6) is 0 Å².